The molecule has 1 aliphatic heterocycles. The van der Waals surface area contributed by atoms with E-state index in [9.17, 15) is 14.7 Å². The summed E-state index contributed by atoms with van der Waals surface area (Å²) in [6, 6.07) is 11.8. The lowest BCUT2D eigenvalue weighted by molar-refractivity contribution is -0.132. The number of aryl methyl sites for hydroxylation is 2. The lowest BCUT2D eigenvalue weighted by Gasteiger charge is -2.22. The minimum Gasteiger partial charge on any atom is -0.505 e. The summed E-state index contributed by atoms with van der Waals surface area (Å²) in [4.78, 5) is 32.2. The molecule has 1 aromatic carbocycles. The molecule has 4 aromatic rings. The number of carbonyl (C=O) groups excluding carboxylic acids is 2. The molecule has 1 unspecified atom stereocenters. The van der Waals surface area contributed by atoms with E-state index in [0.29, 0.717) is 32.7 Å². The number of pyridine rings is 1. The Morgan fingerprint density at radius 3 is 2.53 bits per heavy atom. The number of aromatic nitrogens is 4. The Hall–Kier alpha value is -3.37. The number of fused-ring (bicyclic) bond motifs is 1. The van der Waals surface area contributed by atoms with Gasteiger partial charge in [-0.15, -0.1) is 10.2 Å². The monoisotopic (exact) mass is 509 g/mol. The lowest BCUT2D eigenvalue weighted by Crippen LogP contribution is -2.29. The quantitative estimate of drug-likeness (QED) is 0.252. The number of Topliss-reactive ketones (excluding diaryl/α,β-unsaturated/α-hetero) is 1. The number of aliphatic hydroxyl groups excluding tert-OH is 1. The summed E-state index contributed by atoms with van der Waals surface area (Å²) in [6.07, 6.45) is 1.75. The van der Waals surface area contributed by atoms with Crippen LogP contribution in [0.4, 0.5) is 5.13 Å². The van der Waals surface area contributed by atoms with E-state index < -0.39 is 17.7 Å². The summed E-state index contributed by atoms with van der Waals surface area (Å²) in [5.74, 6) is -1.83. The number of nitrogens with zero attached hydrogens (tertiary/aromatic N) is 5. The van der Waals surface area contributed by atoms with Crippen LogP contribution >= 0.6 is 27.3 Å². The highest BCUT2D eigenvalue weighted by molar-refractivity contribution is 9.10. The number of rotatable bonds is 3. The van der Waals surface area contributed by atoms with E-state index in [1.54, 1.807) is 48.7 Å². The number of benzene rings is 1. The van der Waals surface area contributed by atoms with Crippen molar-refractivity contribution in [2.75, 3.05) is 4.90 Å². The summed E-state index contributed by atoms with van der Waals surface area (Å²) >= 11 is 4.62. The van der Waals surface area contributed by atoms with Gasteiger partial charge in [0, 0.05) is 10.7 Å². The van der Waals surface area contributed by atoms with Gasteiger partial charge >= 0.3 is 5.91 Å². The van der Waals surface area contributed by atoms with Gasteiger partial charge < -0.3 is 5.11 Å². The number of hydrogen-bond donors (Lipinski definition) is 1. The van der Waals surface area contributed by atoms with E-state index in [1.807, 2.05) is 18.2 Å². The molecular weight excluding hydrogens is 494 g/mol. The number of hydrogen-bond acceptors (Lipinski definition) is 7. The number of aliphatic hydroxyl groups is 1. The molecule has 1 fully saturated rings. The first-order valence-corrected chi connectivity index (χ1v) is 11.3. The molecule has 4 heterocycles. The van der Waals surface area contributed by atoms with Crippen LogP contribution in [0.3, 0.4) is 0 Å². The number of halogens is 1. The summed E-state index contributed by atoms with van der Waals surface area (Å²) in [6.45, 7) is 3.52. The molecule has 160 valence electrons. The van der Waals surface area contributed by atoms with Crippen molar-refractivity contribution in [1.29, 1.82) is 0 Å². The average Bonchev–Trinajstić information content (AvgIpc) is 3.42. The Labute approximate surface area is 195 Å². The lowest BCUT2D eigenvalue weighted by atomic mass is 9.96. The second kappa shape index (κ2) is 7.64. The summed E-state index contributed by atoms with van der Waals surface area (Å²) < 4.78 is 2.55. The van der Waals surface area contributed by atoms with Gasteiger partial charge in [-0.1, -0.05) is 45.5 Å². The van der Waals surface area contributed by atoms with Gasteiger partial charge in [0.2, 0.25) is 5.13 Å². The third-order valence-electron chi connectivity index (χ3n) is 5.28. The molecule has 0 bridgehead atoms. The molecule has 5 rings (SSSR count). The van der Waals surface area contributed by atoms with Gasteiger partial charge in [-0.2, -0.15) is 0 Å². The predicted octanol–water partition coefficient (Wildman–Crippen LogP) is 4.19. The van der Waals surface area contributed by atoms with Crippen LogP contribution in [0.2, 0.25) is 0 Å². The van der Waals surface area contributed by atoms with Crippen LogP contribution in [0.5, 0.6) is 0 Å². The average molecular weight is 510 g/mol. The standard InChI is InChI=1S/C22H16BrN5O3S/c1-11-17(27-10-4-3-5-15(27)24-11)19(29)16-18(13-6-8-14(23)9-7-13)28(21(31)20(16)30)22-26-25-12(2)32-22/h3-10,18,29H,1-2H3/b19-16+. The number of imidazole rings is 1. The molecule has 1 N–H and O–H groups in total. The van der Waals surface area contributed by atoms with Crippen LogP contribution in [-0.2, 0) is 9.59 Å². The van der Waals surface area contributed by atoms with Gasteiger partial charge in [0.1, 0.15) is 16.3 Å². The number of anilines is 1. The molecule has 8 nitrogen and oxygen atoms in total. The fraction of sp³-hybridized carbons (Fsp3) is 0.136. The Balaban J connectivity index is 1.78. The second-order valence-corrected chi connectivity index (χ2v) is 9.37. The SMILES string of the molecule is Cc1nnc(N2C(=O)C(=O)/C(=C(/O)c3c(C)nc4ccccn34)C2c2ccc(Br)cc2)s1. The fourth-order valence-corrected chi connectivity index (χ4v) is 4.88. The van der Waals surface area contributed by atoms with Crippen molar-refractivity contribution in [3.05, 3.63) is 80.7 Å². The van der Waals surface area contributed by atoms with Crippen LogP contribution in [0.1, 0.15) is 28.0 Å². The molecular formula is C22H16BrN5O3S. The van der Waals surface area contributed by atoms with Crippen LogP contribution in [-0.4, -0.2) is 36.4 Å². The maximum absolute atomic E-state index is 13.2. The first-order valence-electron chi connectivity index (χ1n) is 9.67. The van der Waals surface area contributed by atoms with Gasteiger partial charge in [-0.05, 0) is 43.7 Å². The maximum Gasteiger partial charge on any atom is 0.301 e. The van der Waals surface area contributed by atoms with E-state index >= 15 is 0 Å². The highest BCUT2D eigenvalue weighted by atomic mass is 79.9. The molecule has 1 amide bonds. The summed E-state index contributed by atoms with van der Waals surface area (Å²) in [5.41, 5.74) is 2.18. The highest BCUT2D eigenvalue weighted by Crippen LogP contribution is 2.43. The number of ketones is 1. The van der Waals surface area contributed by atoms with Crippen molar-refractivity contribution in [3.8, 4) is 0 Å². The van der Waals surface area contributed by atoms with E-state index in [2.05, 4.69) is 31.1 Å². The van der Waals surface area contributed by atoms with Crippen molar-refractivity contribution < 1.29 is 14.7 Å². The molecule has 0 aliphatic carbocycles. The van der Waals surface area contributed by atoms with Gasteiger partial charge in [-0.25, -0.2) is 4.98 Å². The minimum absolute atomic E-state index is 0.0149. The maximum atomic E-state index is 13.2. The van der Waals surface area contributed by atoms with Crippen molar-refractivity contribution in [1.82, 2.24) is 19.6 Å². The Kier molecular flexibility index (Phi) is 4.90. The zero-order chi connectivity index (χ0) is 22.6. The van der Waals surface area contributed by atoms with E-state index in [0.717, 1.165) is 4.47 Å². The predicted molar refractivity (Wildman–Crippen MR) is 123 cm³/mol. The normalized spacial score (nSPS) is 18.1. The molecule has 32 heavy (non-hydrogen) atoms. The van der Waals surface area contributed by atoms with Crippen LogP contribution < -0.4 is 4.90 Å². The fourth-order valence-electron chi connectivity index (χ4n) is 3.90. The summed E-state index contributed by atoms with van der Waals surface area (Å²) in [7, 11) is 0. The molecule has 0 saturated carbocycles. The van der Waals surface area contributed by atoms with Crippen molar-refractivity contribution >= 4 is 55.5 Å². The van der Waals surface area contributed by atoms with Crippen molar-refractivity contribution in [3.63, 3.8) is 0 Å². The third-order valence-corrected chi connectivity index (χ3v) is 6.65. The van der Waals surface area contributed by atoms with E-state index in [-0.39, 0.29) is 11.3 Å². The number of carbonyl (C=O) groups is 2. The smallest absolute Gasteiger partial charge is 0.301 e. The zero-order valence-electron chi connectivity index (χ0n) is 17.0. The summed E-state index contributed by atoms with van der Waals surface area (Å²) in [5, 5.41) is 20.5. The molecule has 0 spiro atoms. The Morgan fingerprint density at radius 1 is 1.09 bits per heavy atom. The van der Waals surface area contributed by atoms with Gasteiger partial charge in [0.25, 0.3) is 5.78 Å². The zero-order valence-corrected chi connectivity index (χ0v) is 19.4. The van der Waals surface area contributed by atoms with Crippen LogP contribution in [0.15, 0.2) is 58.7 Å². The second-order valence-electron chi connectivity index (χ2n) is 7.30. The van der Waals surface area contributed by atoms with Crippen molar-refractivity contribution in [2.45, 2.75) is 19.9 Å². The molecule has 1 atom stereocenters. The Morgan fingerprint density at radius 2 is 1.84 bits per heavy atom. The molecule has 10 heteroatoms. The minimum atomic E-state index is -0.857. The largest absolute Gasteiger partial charge is 0.505 e. The molecule has 1 saturated heterocycles. The first kappa shape index (κ1) is 20.5. The van der Waals surface area contributed by atoms with Gasteiger partial charge in [0.05, 0.1) is 17.3 Å². The Bertz CT molecular complexity index is 1420. The molecule has 0 radical (unpaired) electrons. The number of amides is 1. The first-order chi connectivity index (χ1) is 15.4. The van der Waals surface area contributed by atoms with Crippen LogP contribution in [0, 0.1) is 13.8 Å². The topological polar surface area (TPSA) is 101 Å². The van der Waals surface area contributed by atoms with Crippen LogP contribution in [0.25, 0.3) is 11.4 Å². The highest BCUT2D eigenvalue weighted by Gasteiger charge is 2.48. The van der Waals surface area contributed by atoms with Gasteiger partial charge in [-0.3, -0.25) is 18.9 Å². The van der Waals surface area contributed by atoms with E-state index in [1.165, 1.54) is 16.2 Å². The van der Waals surface area contributed by atoms with Gasteiger partial charge in [0.15, 0.2) is 5.76 Å². The molecule has 3 aromatic heterocycles. The van der Waals surface area contributed by atoms with Crippen molar-refractivity contribution in [2.24, 2.45) is 0 Å². The van der Waals surface area contributed by atoms with E-state index in [4.69, 9.17) is 0 Å². The third kappa shape index (κ3) is 3.14. The molecule has 1 aliphatic rings.